The quantitative estimate of drug-likeness (QED) is 0.113. The number of benzene rings is 5. The predicted octanol–water partition coefficient (Wildman–Crippen LogP) is 12.6. The number of allylic oxidation sites excluding steroid dienone is 3. The molecule has 2 saturated heterocycles. The lowest BCUT2D eigenvalue weighted by atomic mass is 9.91. The molecule has 3 aromatic heterocycles. The lowest BCUT2D eigenvalue weighted by molar-refractivity contribution is 0.254. The maximum atomic E-state index is 15.8. The van der Waals surface area contributed by atoms with Gasteiger partial charge < -0.3 is 25.0 Å². The fraction of sp³-hybridized carbons (Fsp3) is 0.250. The molecule has 3 aliphatic heterocycles. The summed E-state index contributed by atoms with van der Waals surface area (Å²) in [6, 6.07) is 38.6. The Balaban J connectivity index is 0.700. The molecule has 74 heavy (non-hydrogen) atoms. The van der Waals surface area contributed by atoms with Crippen LogP contribution in [0.15, 0.2) is 147 Å². The van der Waals surface area contributed by atoms with E-state index in [0.29, 0.717) is 5.69 Å². The fourth-order valence-corrected chi connectivity index (χ4v) is 12.4. The molecular formula is C64H65FN8S. The molecule has 3 aliphatic rings. The van der Waals surface area contributed by atoms with Crippen LogP contribution >= 0.6 is 11.3 Å². The van der Waals surface area contributed by atoms with Gasteiger partial charge >= 0.3 is 0 Å². The topological polar surface area (TPSA) is 64.5 Å². The number of anilines is 3. The van der Waals surface area contributed by atoms with Crippen molar-refractivity contribution in [3.05, 3.63) is 208 Å². The number of rotatable bonds is 14. The second-order valence-electron chi connectivity index (χ2n) is 20.5. The van der Waals surface area contributed by atoms with E-state index in [1.54, 1.807) is 17.4 Å². The first-order chi connectivity index (χ1) is 35.9. The average molecular weight is 997 g/mol. The van der Waals surface area contributed by atoms with Crippen molar-refractivity contribution in [2.24, 2.45) is 0 Å². The molecule has 374 valence electrons. The van der Waals surface area contributed by atoms with Gasteiger partial charge in [0, 0.05) is 89.0 Å². The summed E-state index contributed by atoms with van der Waals surface area (Å²) < 4.78 is 19.1. The molecular weight excluding hydrogens is 932 g/mol. The maximum Gasteiger partial charge on any atom is 0.188 e. The molecule has 1 unspecified atom stereocenters. The molecule has 1 atom stereocenters. The fourth-order valence-electron chi connectivity index (χ4n) is 11.5. The van der Waals surface area contributed by atoms with Gasteiger partial charge in [0.2, 0.25) is 0 Å². The van der Waals surface area contributed by atoms with E-state index in [4.69, 9.17) is 9.97 Å². The van der Waals surface area contributed by atoms with E-state index in [-0.39, 0.29) is 11.9 Å². The summed E-state index contributed by atoms with van der Waals surface area (Å²) in [5, 5.41) is 11.1. The highest BCUT2D eigenvalue weighted by molar-refractivity contribution is 7.22. The number of hydrogen-bond acceptors (Lipinski definition) is 8. The largest absolute Gasteiger partial charge is 0.367 e. The van der Waals surface area contributed by atoms with Gasteiger partial charge in [0.05, 0.1) is 27.6 Å². The number of fused-ring (bicyclic) bond motifs is 3. The Morgan fingerprint density at radius 3 is 2.31 bits per heavy atom. The van der Waals surface area contributed by atoms with Crippen LogP contribution < -0.4 is 31.1 Å². The Kier molecular flexibility index (Phi) is 13.4. The van der Waals surface area contributed by atoms with Crippen LogP contribution in [0.5, 0.6) is 0 Å². The molecule has 8 aromatic rings. The standard InChI is InChI=1S/C64H65FN8S/c1-40(2)63-53(26-28-62(69-63)72-31-29-49-15-11-18-52(56(49)39-72)43(5)67-64-68-58-19-9-10-20-61(58)74-64)51-17-12-16-50(42(51)4)36-48-24-22-47(23-25-48)14-13-30-70-32-34-71(35-33-70)60-38-55-46(8)73(45(7)54(55)37-57(60)65)59-27-21-41(3)66-44(59)6/h9-12,15-20,22-26,28,37-38,59,66H,1,3,5-8,13-14,21,27,29-36,39H2,2,4H3,(H,67,68). The number of nitrogens with one attached hydrogen (secondary N) is 2. The minimum Gasteiger partial charge on any atom is -0.367 e. The first kappa shape index (κ1) is 48.7. The zero-order valence-electron chi connectivity index (χ0n) is 42.9. The number of aryl methyl sites for hydroxylation is 1. The van der Waals surface area contributed by atoms with Crippen molar-refractivity contribution in [3.63, 3.8) is 0 Å². The Hall–Kier alpha value is -7.53. The van der Waals surface area contributed by atoms with Gasteiger partial charge in [-0.3, -0.25) is 4.90 Å². The van der Waals surface area contributed by atoms with E-state index >= 15 is 4.39 Å². The summed E-state index contributed by atoms with van der Waals surface area (Å²) in [6.45, 7) is 36.3. The van der Waals surface area contributed by atoms with Gasteiger partial charge in [-0.2, -0.15) is 0 Å². The third kappa shape index (κ3) is 9.60. The zero-order valence-corrected chi connectivity index (χ0v) is 43.7. The molecule has 6 heterocycles. The van der Waals surface area contributed by atoms with Gasteiger partial charge in [-0.1, -0.05) is 124 Å². The van der Waals surface area contributed by atoms with Gasteiger partial charge in [0.15, 0.2) is 5.13 Å². The van der Waals surface area contributed by atoms with E-state index in [1.165, 1.54) is 38.9 Å². The molecule has 8 nitrogen and oxygen atoms in total. The first-order valence-corrected chi connectivity index (χ1v) is 26.8. The van der Waals surface area contributed by atoms with Crippen molar-refractivity contribution in [1.29, 1.82) is 0 Å². The number of halogens is 1. The zero-order chi connectivity index (χ0) is 51.2. The Bertz CT molecular complexity index is 3600. The average Bonchev–Trinajstić information content (AvgIpc) is 3.92. The Labute approximate surface area is 438 Å². The molecule has 0 amide bonds. The van der Waals surface area contributed by atoms with E-state index in [9.17, 15) is 0 Å². The normalized spacial score (nSPS) is 16.2. The molecule has 0 aliphatic carbocycles. The van der Waals surface area contributed by atoms with Crippen LogP contribution in [0.25, 0.3) is 56.5 Å². The number of nitrogens with zero attached hydrogens (tertiary/aromatic N) is 6. The summed E-state index contributed by atoms with van der Waals surface area (Å²) in [5.74, 6) is 0.747. The first-order valence-electron chi connectivity index (χ1n) is 26.0. The number of para-hydroxylation sites is 1. The van der Waals surface area contributed by atoms with E-state index in [1.807, 2.05) is 24.3 Å². The minimum absolute atomic E-state index is 0.00780. The van der Waals surface area contributed by atoms with Gasteiger partial charge in [-0.25, -0.2) is 14.4 Å². The maximum absolute atomic E-state index is 15.8. The molecule has 0 spiro atoms. The third-order valence-corrected chi connectivity index (χ3v) is 16.6. The summed E-state index contributed by atoms with van der Waals surface area (Å²) in [5.41, 5.74) is 17.4. The highest BCUT2D eigenvalue weighted by Gasteiger charge is 2.27. The monoisotopic (exact) mass is 997 g/mol. The highest BCUT2D eigenvalue weighted by Crippen LogP contribution is 2.37. The van der Waals surface area contributed by atoms with Crippen molar-refractivity contribution in [2.45, 2.75) is 65.0 Å². The number of pyridine rings is 1. The second kappa shape index (κ2) is 20.4. The lowest BCUT2D eigenvalue weighted by Crippen LogP contribution is -2.47. The van der Waals surface area contributed by atoms with E-state index in [0.717, 1.165) is 166 Å². The smallest absolute Gasteiger partial charge is 0.188 e. The summed E-state index contributed by atoms with van der Waals surface area (Å²) in [7, 11) is 0. The molecule has 2 fully saturated rings. The number of aromatic nitrogens is 3. The molecule has 11 rings (SSSR count). The Morgan fingerprint density at radius 1 is 0.784 bits per heavy atom. The molecule has 2 N–H and O–H groups in total. The SMILES string of the molecule is C=C1CCC(n2c(=C)c3cc(F)c(N4CCN(CCCc5ccc(Cc6cccc(-c7ccc(N8CCc9cccc(C(=C)Nc%10nc%11ccccc%11s%10)c9C8)nc7C(=C)C)c6C)cc5)CC4)cc3c2=C)C(=C)N1. The summed E-state index contributed by atoms with van der Waals surface area (Å²) >= 11 is 1.64. The van der Waals surface area contributed by atoms with Crippen LogP contribution in [-0.2, 0) is 25.8 Å². The van der Waals surface area contributed by atoms with Crippen molar-refractivity contribution >= 4 is 73.4 Å². The van der Waals surface area contributed by atoms with Gasteiger partial charge in [0.1, 0.15) is 11.6 Å². The minimum atomic E-state index is -0.207. The van der Waals surface area contributed by atoms with E-state index in [2.05, 4.69) is 162 Å². The van der Waals surface area contributed by atoms with Crippen LogP contribution in [0.1, 0.15) is 76.9 Å². The van der Waals surface area contributed by atoms with Crippen molar-refractivity contribution < 1.29 is 4.39 Å². The number of piperazine rings is 1. The van der Waals surface area contributed by atoms with Crippen LogP contribution in [-0.4, -0.2) is 58.7 Å². The lowest BCUT2D eigenvalue weighted by Gasteiger charge is -2.36. The molecule has 0 bridgehead atoms. The van der Waals surface area contributed by atoms with Crippen LogP contribution in [0, 0.1) is 12.7 Å². The predicted molar refractivity (Wildman–Crippen MR) is 311 cm³/mol. The third-order valence-electron chi connectivity index (χ3n) is 15.6. The second-order valence-corrected chi connectivity index (χ2v) is 21.5. The summed E-state index contributed by atoms with van der Waals surface area (Å²) in [4.78, 5) is 17.2. The van der Waals surface area contributed by atoms with Crippen LogP contribution in [0.2, 0.25) is 0 Å². The number of piperidine rings is 1. The highest BCUT2D eigenvalue weighted by atomic mass is 32.1. The van der Waals surface area contributed by atoms with Crippen molar-refractivity contribution in [1.82, 2.24) is 24.8 Å². The molecule has 10 heteroatoms. The van der Waals surface area contributed by atoms with Gasteiger partial charge in [-0.05, 0) is 140 Å². The number of thiazole rings is 1. The summed E-state index contributed by atoms with van der Waals surface area (Å²) in [6.07, 6.45) is 5.58. The van der Waals surface area contributed by atoms with Crippen molar-refractivity contribution in [2.75, 3.05) is 54.4 Å². The van der Waals surface area contributed by atoms with E-state index < -0.39 is 0 Å². The molecule has 5 aromatic carbocycles. The molecule has 0 radical (unpaired) electrons. The Morgan fingerprint density at radius 2 is 1.54 bits per heavy atom. The number of hydrogen-bond donors (Lipinski definition) is 2. The van der Waals surface area contributed by atoms with Crippen molar-refractivity contribution in [3.8, 4) is 11.1 Å². The molecule has 0 saturated carbocycles. The van der Waals surface area contributed by atoms with Crippen LogP contribution in [0.3, 0.4) is 0 Å². The van der Waals surface area contributed by atoms with Crippen LogP contribution in [0.4, 0.5) is 21.0 Å². The van der Waals surface area contributed by atoms with Gasteiger partial charge in [0.25, 0.3) is 0 Å². The van der Waals surface area contributed by atoms with Gasteiger partial charge in [-0.15, -0.1) is 0 Å².